The SMILES string of the molecule is Cc1ccc(C(=O)Nc2ccc(CN3CCN(CCO)CC3)c(C(F)(F)F)c2)cc1Nc1nccc(-c2cccnc2)n1. The van der Waals surface area contributed by atoms with Crippen molar-refractivity contribution in [2.45, 2.75) is 19.6 Å². The van der Waals surface area contributed by atoms with E-state index in [-0.39, 0.29) is 30.0 Å². The van der Waals surface area contributed by atoms with Gasteiger partial charge in [-0.2, -0.15) is 13.2 Å². The zero-order valence-electron chi connectivity index (χ0n) is 23.6. The van der Waals surface area contributed by atoms with Crippen molar-refractivity contribution < 1.29 is 23.1 Å². The maximum Gasteiger partial charge on any atom is 0.416 e. The lowest BCUT2D eigenvalue weighted by atomic mass is 10.0. The van der Waals surface area contributed by atoms with Crippen LogP contribution in [0.5, 0.6) is 0 Å². The summed E-state index contributed by atoms with van der Waals surface area (Å²) in [5.41, 5.74) is 2.59. The number of nitrogens with one attached hydrogen (secondary N) is 2. The number of aryl methyl sites for hydroxylation is 1. The molecule has 3 heterocycles. The molecule has 43 heavy (non-hydrogen) atoms. The van der Waals surface area contributed by atoms with Gasteiger partial charge >= 0.3 is 6.18 Å². The van der Waals surface area contributed by atoms with Crippen LogP contribution in [0.2, 0.25) is 0 Å². The van der Waals surface area contributed by atoms with Crippen molar-refractivity contribution in [3.05, 3.63) is 95.4 Å². The van der Waals surface area contributed by atoms with E-state index < -0.39 is 17.6 Å². The van der Waals surface area contributed by atoms with Gasteiger partial charge in [0.05, 0.1) is 17.9 Å². The van der Waals surface area contributed by atoms with Crippen molar-refractivity contribution in [2.24, 2.45) is 0 Å². The smallest absolute Gasteiger partial charge is 0.395 e. The molecule has 2 aromatic heterocycles. The van der Waals surface area contributed by atoms with E-state index in [1.165, 1.54) is 12.1 Å². The van der Waals surface area contributed by atoms with Gasteiger partial charge in [-0.1, -0.05) is 12.1 Å². The Hall–Kier alpha value is -4.39. The number of halogens is 3. The van der Waals surface area contributed by atoms with Crippen molar-refractivity contribution in [3.63, 3.8) is 0 Å². The van der Waals surface area contributed by atoms with Gasteiger partial charge in [0.2, 0.25) is 5.95 Å². The third-order valence-corrected chi connectivity index (χ3v) is 7.31. The Labute approximate surface area is 247 Å². The Balaban J connectivity index is 1.29. The van der Waals surface area contributed by atoms with Crippen LogP contribution in [0, 0.1) is 6.92 Å². The minimum Gasteiger partial charge on any atom is -0.395 e. The number of alkyl halides is 3. The molecular weight excluding hydrogens is 559 g/mol. The highest BCUT2D eigenvalue weighted by atomic mass is 19.4. The standard InChI is InChI=1S/C31H32F3N7O2/c1-21-4-5-22(17-28(21)39-30-36-10-8-27(38-30)23-3-2-9-35-19-23)29(43)37-25-7-6-24(26(18-25)31(32,33)34)20-41-13-11-40(12-14-41)15-16-42/h2-10,17-19,42H,11-16,20H2,1H3,(H,37,43)(H,36,38,39). The summed E-state index contributed by atoms with van der Waals surface area (Å²) in [6.07, 6.45) is 0.398. The van der Waals surface area contributed by atoms with Gasteiger partial charge < -0.3 is 15.7 Å². The molecule has 0 spiro atoms. The molecule has 4 aromatic rings. The normalized spacial score (nSPS) is 14.4. The third kappa shape index (κ3) is 7.72. The average molecular weight is 592 g/mol. The van der Waals surface area contributed by atoms with Crippen LogP contribution in [0.15, 0.2) is 73.2 Å². The zero-order valence-corrected chi connectivity index (χ0v) is 23.6. The number of nitrogens with zero attached hydrogens (tertiary/aromatic N) is 5. The lowest BCUT2D eigenvalue weighted by Gasteiger charge is -2.34. The summed E-state index contributed by atoms with van der Waals surface area (Å²) >= 11 is 0. The van der Waals surface area contributed by atoms with E-state index in [0.29, 0.717) is 50.1 Å². The van der Waals surface area contributed by atoms with Crippen LogP contribution in [-0.2, 0) is 12.7 Å². The molecule has 0 radical (unpaired) electrons. The molecular formula is C31H32F3N7O2. The first kappa shape index (κ1) is 30.1. The van der Waals surface area contributed by atoms with E-state index in [1.807, 2.05) is 24.0 Å². The van der Waals surface area contributed by atoms with E-state index in [1.54, 1.807) is 42.9 Å². The number of aliphatic hydroxyl groups is 1. The summed E-state index contributed by atoms with van der Waals surface area (Å²) in [5, 5.41) is 14.9. The van der Waals surface area contributed by atoms with Gasteiger partial charge in [0.15, 0.2) is 0 Å². The predicted molar refractivity (Wildman–Crippen MR) is 158 cm³/mol. The molecule has 3 N–H and O–H groups in total. The molecule has 2 aromatic carbocycles. The van der Waals surface area contributed by atoms with Crippen molar-refractivity contribution in [1.82, 2.24) is 24.8 Å². The molecule has 0 aliphatic carbocycles. The first-order valence-electron chi connectivity index (χ1n) is 13.9. The highest BCUT2D eigenvalue weighted by Crippen LogP contribution is 2.35. The van der Waals surface area contributed by atoms with Crippen molar-refractivity contribution in [2.75, 3.05) is 50.0 Å². The fraction of sp³-hybridized carbons (Fsp3) is 0.290. The number of hydrogen-bond donors (Lipinski definition) is 3. The summed E-state index contributed by atoms with van der Waals surface area (Å²) in [5.74, 6) is -0.226. The maximum absolute atomic E-state index is 14.1. The number of hydrogen-bond acceptors (Lipinski definition) is 8. The second-order valence-electron chi connectivity index (χ2n) is 10.3. The van der Waals surface area contributed by atoms with Crippen molar-refractivity contribution >= 4 is 23.2 Å². The average Bonchev–Trinajstić information content (AvgIpc) is 3.00. The topological polar surface area (TPSA) is 107 Å². The summed E-state index contributed by atoms with van der Waals surface area (Å²) in [7, 11) is 0. The van der Waals surface area contributed by atoms with Crippen LogP contribution < -0.4 is 10.6 Å². The molecule has 9 nitrogen and oxygen atoms in total. The van der Waals surface area contributed by atoms with Gasteiger partial charge in [0.25, 0.3) is 5.91 Å². The number of amides is 1. The van der Waals surface area contributed by atoms with Gasteiger partial charge in [-0.25, -0.2) is 9.97 Å². The minimum absolute atomic E-state index is 0.0522. The Bertz CT molecular complexity index is 1560. The van der Waals surface area contributed by atoms with Crippen molar-refractivity contribution in [3.8, 4) is 11.3 Å². The molecule has 0 saturated carbocycles. The Kier molecular flexibility index (Phi) is 9.29. The fourth-order valence-corrected chi connectivity index (χ4v) is 4.92. The Morgan fingerprint density at radius 1 is 1.00 bits per heavy atom. The van der Waals surface area contributed by atoms with Crippen molar-refractivity contribution in [1.29, 1.82) is 0 Å². The summed E-state index contributed by atoms with van der Waals surface area (Å²) in [6.45, 7) is 5.21. The third-order valence-electron chi connectivity index (χ3n) is 7.31. The largest absolute Gasteiger partial charge is 0.416 e. The van der Waals surface area contributed by atoms with Crippen LogP contribution in [0.3, 0.4) is 0 Å². The minimum atomic E-state index is -4.58. The number of carbonyl (C=O) groups is 1. The number of anilines is 3. The second kappa shape index (κ2) is 13.3. The predicted octanol–water partition coefficient (Wildman–Crippen LogP) is 4.97. The number of aliphatic hydroxyl groups excluding tert-OH is 1. The molecule has 1 fully saturated rings. The molecule has 12 heteroatoms. The van der Waals surface area contributed by atoms with Gasteiger partial charge in [0.1, 0.15) is 0 Å². The summed E-state index contributed by atoms with van der Waals surface area (Å²) < 4.78 is 42.2. The number of piperazine rings is 1. The summed E-state index contributed by atoms with van der Waals surface area (Å²) in [4.78, 5) is 30.1. The molecule has 1 amide bonds. The van der Waals surface area contributed by atoms with Crippen LogP contribution in [-0.4, -0.2) is 75.1 Å². The molecule has 1 aliphatic rings. The lowest BCUT2D eigenvalue weighted by molar-refractivity contribution is -0.138. The number of benzene rings is 2. The van der Waals surface area contributed by atoms with E-state index in [2.05, 4.69) is 30.5 Å². The quantitative estimate of drug-likeness (QED) is 0.251. The maximum atomic E-state index is 14.1. The fourth-order valence-electron chi connectivity index (χ4n) is 4.92. The van der Waals surface area contributed by atoms with Crippen LogP contribution in [0.25, 0.3) is 11.3 Å². The molecule has 1 aliphatic heterocycles. The first-order chi connectivity index (χ1) is 20.7. The zero-order chi connectivity index (χ0) is 30.4. The highest BCUT2D eigenvalue weighted by Gasteiger charge is 2.34. The molecule has 224 valence electrons. The van der Waals surface area contributed by atoms with Crippen LogP contribution in [0.1, 0.15) is 27.0 Å². The number of pyridine rings is 1. The Morgan fingerprint density at radius 2 is 1.79 bits per heavy atom. The monoisotopic (exact) mass is 591 g/mol. The number of aromatic nitrogens is 3. The molecule has 1 saturated heterocycles. The van der Waals surface area contributed by atoms with E-state index >= 15 is 0 Å². The molecule has 0 bridgehead atoms. The van der Waals surface area contributed by atoms with Gasteiger partial charge in [-0.05, 0) is 60.5 Å². The lowest BCUT2D eigenvalue weighted by Crippen LogP contribution is -2.46. The van der Waals surface area contributed by atoms with E-state index in [9.17, 15) is 18.0 Å². The van der Waals surface area contributed by atoms with Gasteiger partial charge in [-0.3, -0.25) is 19.6 Å². The highest BCUT2D eigenvalue weighted by molar-refractivity contribution is 6.05. The number of rotatable bonds is 9. The van der Waals surface area contributed by atoms with E-state index in [4.69, 9.17) is 5.11 Å². The van der Waals surface area contributed by atoms with Crippen LogP contribution in [0.4, 0.5) is 30.5 Å². The van der Waals surface area contributed by atoms with Crippen LogP contribution >= 0.6 is 0 Å². The first-order valence-corrected chi connectivity index (χ1v) is 13.9. The molecule has 0 atom stereocenters. The molecule has 5 rings (SSSR count). The van der Waals surface area contributed by atoms with E-state index in [0.717, 1.165) is 17.2 Å². The van der Waals surface area contributed by atoms with Gasteiger partial charge in [0, 0.05) is 80.4 Å². The molecule has 0 unspecified atom stereocenters. The second-order valence-corrected chi connectivity index (χ2v) is 10.3. The number of β-amino-alcohol motifs (C(OH)–C–C–N with tert-alkyl or cyclic N) is 1. The Morgan fingerprint density at radius 3 is 2.51 bits per heavy atom. The number of carbonyl (C=O) groups excluding carboxylic acids is 1. The summed E-state index contributed by atoms with van der Waals surface area (Å²) in [6, 6.07) is 14.3. The van der Waals surface area contributed by atoms with Gasteiger partial charge in [-0.15, -0.1) is 0 Å².